The Hall–Kier alpha value is -2.25. The van der Waals surface area contributed by atoms with Crippen LogP contribution in [0.5, 0.6) is 5.75 Å². The van der Waals surface area contributed by atoms with Crippen LogP contribution >= 0.6 is 0 Å². The van der Waals surface area contributed by atoms with Gasteiger partial charge in [-0.15, -0.1) is 0 Å². The molecule has 1 fully saturated rings. The maximum Gasteiger partial charge on any atom is 0.191 e. The molecule has 1 aliphatic heterocycles. The van der Waals surface area contributed by atoms with Crippen LogP contribution in [-0.4, -0.2) is 51.6 Å². The molecule has 1 aromatic carbocycles. The van der Waals surface area contributed by atoms with Gasteiger partial charge < -0.3 is 29.3 Å². The second-order valence-electron chi connectivity index (χ2n) is 7.32. The zero-order valence-corrected chi connectivity index (χ0v) is 17.9. The summed E-state index contributed by atoms with van der Waals surface area (Å²) in [5.41, 5.74) is 0.524. The summed E-state index contributed by atoms with van der Waals surface area (Å²) in [6, 6.07) is 7.94. The Morgan fingerprint density at radius 2 is 2.07 bits per heavy atom. The molecule has 0 aliphatic carbocycles. The molecular formula is C22H33N3O4. The van der Waals surface area contributed by atoms with Crippen LogP contribution in [0.2, 0.25) is 0 Å². The number of guanidine groups is 1. The molecule has 2 aromatic rings. The van der Waals surface area contributed by atoms with Gasteiger partial charge in [0.15, 0.2) is 17.3 Å². The summed E-state index contributed by atoms with van der Waals surface area (Å²) in [7, 11) is 1.76. The van der Waals surface area contributed by atoms with E-state index in [0.717, 1.165) is 47.8 Å². The van der Waals surface area contributed by atoms with E-state index in [2.05, 4.69) is 24.5 Å². The number of ether oxygens (including phenoxy) is 3. The summed E-state index contributed by atoms with van der Waals surface area (Å²) < 4.78 is 23.1. The molecule has 2 N–H and O–H groups in total. The molecule has 0 radical (unpaired) electrons. The lowest BCUT2D eigenvalue weighted by Gasteiger charge is -2.34. The topological polar surface area (TPSA) is 77.3 Å². The number of nitrogens with zero attached hydrogens (tertiary/aromatic N) is 1. The molecule has 29 heavy (non-hydrogen) atoms. The number of nitrogens with one attached hydrogen (secondary N) is 2. The first-order valence-electron chi connectivity index (χ1n) is 10.4. The zero-order valence-electron chi connectivity index (χ0n) is 17.9. The van der Waals surface area contributed by atoms with Gasteiger partial charge in [0.1, 0.15) is 5.76 Å². The third kappa shape index (κ3) is 5.22. The number of furan rings is 1. The molecular weight excluding hydrogens is 370 g/mol. The highest BCUT2D eigenvalue weighted by atomic mass is 16.5. The van der Waals surface area contributed by atoms with Gasteiger partial charge in [-0.25, -0.2) is 0 Å². The summed E-state index contributed by atoms with van der Waals surface area (Å²) in [4.78, 5) is 4.79. The summed E-state index contributed by atoms with van der Waals surface area (Å²) in [5.74, 6) is 2.35. The minimum Gasteiger partial charge on any atom is -0.490 e. The Kier molecular flexibility index (Phi) is 7.39. The Balaban J connectivity index is 1.74. The predicted molar refractivity (Wildman–Crippen MR) is 115 cm³/mol. The molecule has 1 aromatic heterocycles. The molecule has 0 bridgehead atoms. The molecule has 0 saturated carbocycles. The number of hydrogen-bond acceptors (Lipinski definition) is 5. The molecule has 2 heterocycles. The van der Waals surface area contributed by atoms with E-state index < -0.39 is 0 Å². The van der Waals surface area contributed by atoms with Gasteiger partial charge in [0.05, 0.1) is 24.8 Å². The van der Waals surface area contributed by atoms with E-state index >= 15 is 0 Å². The van der Waals surface area contributed by atoms with Crippen LogP contribution in [-0.2, 0) is 9.47 Å². The van der Waals surface area contributed by atoms with Gasteiger partial charge in [0, 0.05) is 45.1 Å². The first-order chi connectivity index (χ1) is 14.1. The molecule has 160 valence electrons. The second kappa shape index (κ2) is 9.98. The highest BCUT2D eigenvalue weighted by Crippen LogP contribution is 2.31. The standard InChI is InChI=1S/C22H33N3O4/c1-5-23-21(24-15-22(26-4)10-12-27-13-11-22)25-16(3)19-14-17-8-7-9-18(28-6-2)20(17)29-19/h7-9,14,16H,5-6,10-13,15H2,1-4H3,(H2,23,24,25). The smallest absolute Gasteiger partial charge is 0.191 e. The lowest BCUT2D eigenvalue weighted by molar-refractivity contribution is -0.0828. The largest absolute Gasteiger partial charge is 0.490 e. The highest BCUT2D eigenvalue weighted by Gasteiger charge is 2.32. The Morgan fingerprint density at radius 1 is 1.28 bits per heavy atom. The third-order valence-electron chi connectivity index (χ3n) is 5.31. The van der Waals surface area contributed by atoms with Crippen molar-refractivity contribution in [2.45, 2.75) is 45.3 Å². The number of rotatable bonds is 8. The highest BCUT2D eigenvalue weighted by molar-refractivity contribution is 5.84. The van der Waals surface area contributed by atoms with E-state index in [1.165, 1.54) is 0 Å². The summed E-state index contributed by atoms with van der Waals surface area (Å²) in [6.07, 6.45) is 1.71. The number of para-hydroxylation sites is 1. The molecule has 0 amide bonds. The van der Waals surface area contributed by atoms with Crippen molar-refractivity contribution in [1.29, 1.82) is 0 Å². The average Bonchev–Trinajstić information content (AvgIpc) is 3.19. The minimum absolute atomic E-state index is 0.0529. The SMILES string of the molecule is CCNC(=NCC1(OC)CCOCC1)NC(C)c1cc2cccc(OCC)c2o1. The minimum atomic E-state index is -0.254. The Bertz CT molecular complexity index is 811. The van der Waals surface area contributed by atoms with Gasteiger partial charge in [0.25, 0.3) is 0 Å². The molecule has 3 rings (SSSR count). The molecule has 1 aliphatic rings. The molecule has 7 heteroatoms. The van der Waals surface area contributed by atoms with Crippen molar-refractivity contribution in [2.75, 3.05) is 40.0 Å². The van der Waals surface area contributed by atoms with Crippen LogP contribution in [0.3, 0.4) is 0 Å². The van der Waals surface area contributed by atoms with Crippen molar-refractivity contribution in [3.63, 3.8) is 0 Å². The van der Waals surface area contributed by atoms with Crippen molar-refractivity contribution in [3.8, 4) is 5.75 Å². The molecule has 1 saturated heterocycles. The quantitative estimate of drug-likeness (QED) is 0.518. The van der Waals surface area contributed by atoms with Crippen LogP contribution in [0.1, 0.15) is 45.4 Å². The van der Waals surface area contributed by atoms with Gasteiger partial charge in [-0.1, -0.05) is 12.1 Å². The van der Waals surface area contributed by atoms with Crippen molar-refractivity contribution < 1.29 is 18.6 Å². The summed E-state index contributed by atoms with van der Waals surface area (Å²) >= 11 is 0. The molecule has 0 spiro atoms. The van der Waals surface area contributed by atoms with Crippen molar-refractivity contribution in [3.05, 3.63) is 30.0 Å². The van der Waals surface area contributed by atoms with E-state index in [1.807, 2.05) is 31.2 Å². The summed E-state index contributed by atoms with van der Waals surface area (Å²) in [5, 5.41) is 7.79. The number of fused-ring (bicyclic) bond motifs is 1. The summed E-state index contributed by atoms with van der Waals surface area (Å²) in [6.45, 7) is 9.47. The van der Waals surface area contributed by atoms with Gasteiger partial charge in [-0.05, 0) is 32.9 Å². The van der Waals surface area contributed by atoms with Crippen LogP contribution in [0.25, 0.3) is 11.0 Å². The number of hydrogen-bond donors (Lipinski definition) is 2. The van der Waals surface area contributed by atoms with Crippen molar-refractivity contribution >= 4 is 16.9 Å². The maximum absolute atomic E-state index is 6.12. The first kappa shape index (κ1) is 21.5. The van der Waals surface area contributed by atoms with E-state index in [-0.39, 0.29) is 11.6 Å². The van der Waals surface area contributed by atoms with E-state index in [4.69, 9.17) is 23.6 Å². The average molecular weight is 404 g/mol. The Morgan fingerprint density at radius 3 is 2.76 bits per heavy atom. The zero-order chi connectivity index (χ0) is 20.7. The van der Waals surface area contributed by atoms with Gasteiger partial charge in [0.2, 0.25) is 0 Å². The van der Waals surface area contributed by atoms with Crippen LogP contribution in [0.4, 0.5) is 0 Å². The van der Waals surface area contributed by atoms with Crippen molar-refractivity contribution in [1.82, 2.24) is 10.6 Å². The van der Waals surface area contributed by atoms with Gasteiger partial charge in [-0.2, -0.15) is 0 Å². The number of benzene rings is 1. The van der Waals surface area contributed by atoms with Gasteiger partial charge >= 0.3 is 0 Å². The fraction of sp³-hybridized carbons (Fsp3) is 0.591. The van der Waals surface area contributed by atoms with Crippen LogP contribution in [0.15, 0.2) is 33.7 Å². The molecule has 7 nitrogen and oxygen atoms in total. The lowest BCUT2D eigenvalue weighted by atomic mass is 9.94. The lowest BCUT2D eigenvalue weighted by Crippen LogP contribution is -2.44. The predicted octanol–water partition coefficient (Wildman–Crippen LogP) is 3.64. The van der Waals surface area contributed by atoms with E-state index in [9.17, 15) is 0 Å². The normalized spacial score (nSPS) is 17.9. The van der Waals surface area contributed by atoms with E-state index in [0.29, 0.717) is 26.4 Å². The Labute approximate surface area is 172 Å². The number of methoxy groups -OCH3 is 1. The molecule has 1 unspecified atom stereocenters. The molecule has 1 atom stereocenters. The van der Waals surface area contributed by atoms with Crippen LogP contribution < -0.4 is 15.4 Å². The fourth-order valence-electron chi connectivity index (χ4n) is 3.53. The van der Waals surface area contributed by atoms with Crippen LogP contribution in [0, 0.1) is 0 Å². The first-order valence-corrected chi connectivity index (χ1v) is 10.4. The third-order valence-corrected chi connectivity index (χ3v) is 5.31. The second-order valence-corrected chi connectivity index (χ2v) is 7.32. The van der Waals surface area contributed by atoms with Crippen molar-refractivity contribution in [2.24, 2.45) is 4.99 Å². The maximum atomic E-state index is 6.12. The monoisotopic (exact) mass is 403 g/mol. The van der Waals surface area contributed by atoms with Gasteiger partial charge in [-0.3, -0.25) is 4.99 Å². The fourth-order valence-corrected chi connectivity index (χ4v) is 3.53. The van der Waals surface area contributed by atoms with E-state index in [1.54, 1.807) is 7.11 Å². The number of aliphatic imine (C=N–C) groups is 1.